The summed E-state index contributed by atoms with van der Waals surface area (Å²) in [7, 11) is -5.41. The van der Waals surface area contributed by atoms with Gasteiger partial charge in [0.25, 0.3) is 0 Å². The van der Waals surface area contributed by atoms with Crippen LogP contribution in [0.25, 0.3) is 0 Å². The minimum absolute atomic E-state index is 0. The molecule has 1 N–H and O–H groups in total. The minimum atomic E-state index is -1.61. The molecule has 0 aromatic heterocycles. The molecular weight excluding hydrogens is 725 g/mol. The Morgan fingerprint density at radius 1 is 0.481 bits per heavy atom. The highest BCUT2D eigenvalue weighted by Crippen LogP contribution is 2.12. The Morgan fingerprint density at radius 3 is 0.944 bits per heavy atom. The zero-order valence-electron chi connectivity index (χ0n) is 33.4. The van der Waals surface area contributed by atoms with Crippen molar-refractivity contribution in [3.05, 3.63) is 35.9 Å². The van der Waals surface area contributed by atoms with E-state index in [9.17, 15) is 0 Å². The fourth-order valence-corrected chi connectivity index (χ4v) is 10.5. The van der Waals surface area contributed by atoms with E-state index < -0.39 is 33.3 Å². The first-order valence-electron chi connectivity index (χ1n) is 16.2. The maximum atomic E-state index is 8.66. The van der Waals surface area contributed by atoms with Gasteiger partial charge in [0.05, 0.1) is 6.61 Å². The fourth-order valence-electron chi connectivity index (χ4n) is 2.55. The summed E-state index contributed by atoms with van der Waals surface area (Å²) in [5, 5.41) is 0. The van der Waals surface area contributed by atoms with E-state index in [1.807, 2.05) is 37.8 Å². The van der Waals surface area contributed by atoms with Gasteiger partial charge in [-0.05, 0) is 186 Å². The summed E-state index contributed by atoms with van der Waals surface area (Å²) in [5.41, 5.74) is 1.26. The van der Waals surface area contributed by atoms with E-state index in [-0.39, 0.29) is 8.85 Å². The molecule has 0 radical (unpaired) electrons. The Hall–Kier alpha value is -5.75. The van der Waals surface area contributed by atoms with Gasteiger partial charge < -0.3 is 13.3 Å². The number of rotatable bonds is 5. The summed E-state index contributed by atoms with van der Waals surface area (Å²) in [6.07, 6.45) is 4.91. The number of hydrogen-bond donors (Lipinski definition) is 1. The molecular formula is C47H54O3Si4. The zero-order valence-corrected chi connectivity index (χ0v) is 37.4. The molecule has 1 aromatic rings. The van der Waals surface area contributed by atoms with Crippen molar-refractivity contribution in [2.45, 2.75) is 99.5 Å². The summed E-state index contributed by atoms with van der Waals surface area (Å²) in [6, 6.07) is 10.3. The van der Waals surface area contributed by atoms with Crippen molar-refractivity contribution in [2.75, 3.05) is 0 Å². The molecule has 0 aliphatic carbocycles. The molecule has 0 saturated carbocycles. The number of terminal acetylenes is 1. The molecule has 7 heteroatoms. The van der Waals surface area contributed by atoms with E-state index in [0.29, 0.717) is 0 Å². The van der Waals surface area contributed by atoms with E-state index >= 15 is 0 Å². The highest BCUT2D eigenvalue weighted by Gasteiger charge is 2.24. The standard InChI is InChI=1S/C27H4.C10H16OSi.C6H18OSi2.C3H10OSi.CH4.H2/c1-3-5-7-9-11-13-15-17-19-21-23-25-27-26-24-22-20-18-16-14-12-10-8-6-4-2;1-12(2,3)11-9-10-7-5-4-6-8-10;1-8(2,3)7-9(4,5)6;1-5(2,3)4;;/h1H,2H3;4-8H,9H2,1-3H3;1-6H3;4H,1-3H3;1H4;1H. The highest BCUT2D eigenvalue weighted by molar-refractivity contribution is 6.83. The van der Waals surface area contributed by atoms with Gasteiger partial charge in [-0.3, -0.25) is 0 Å². The Labute approximate surface area is 336 Å². The van der Waals surface area contributed by atoms with Crippen LogP contribution in [-0.4, -0.2) is 38.1 Å². The predicted molar refractivity (Wildman–Crippen MR) is 245 cm³/mol. The van der Waals surface area contributed by atoms with Crippen LogP contribution in [0.5, 0.6) is 0 Å². The molecule has 0 atom stereocenters. The molecule has 0 spiro atoms. The second-order valence-corrected chi connectivity index (χ2v) is 31.8. The quantitative estimate of drug-likeness (QED) is 0.243. The van der Waals surface area contributed by atoms with Gasteiger partial charge in [-0.2, -0.15) is 0 Å². The predicted octanol–water partition coefficient (Wildman–Crippen LogP) is 8.09. The first-order valence-corrected chi connectivity index (χ1v) is 29.8. The maximum absolute atomic E-state index is 8.66. The van der Waals surface area contributed by atoms with Gasteiger partial charge in [0, 0.05) is 48.8 Å². The summed E-state index contributed by atoms with van der Waals surface area (Å²) in [6.45, 7) is 28.2. The Balaban J connectivity index is -0.000000244. The molecule has 0 fully saturated rings. The van der Waals surface area contributed by atoms with Crippen LogP contribution in [0.1, 0.15) is 21.3 Å². The molecule has 0 unspecified atom stereocenters. The molecule has 0 bridgehead atoms. The van der Waals surface area contributed by atoms with E-state index in [4.69, 9.17) is 19.8 Å². The normalized spacial score (nSPS) is 7.94. The topological polar surface area (TPSA) is 38.7 Å². The van der Waals surface area contributed by atoms with Gasteiger partial charge in [-0.1, -0.05) is 43.7 Å². The van der Waals surface area contributed by atoms with Crippen LogP contribution in [0.3, 0.4) is 0 Å². The zero-order chi connectivity index (χ0) is 40.9. The largest absolute Gasteiger partial charge is 0.456 e. The van der Waals surface area contributed by atoms with Crippen LogP contribution >= 0.6 is 0 Å². The first kappa shape index (κ1) is 55.0. The molecule has 0 aliphatic heterocycles. The van der Waals surface area contributed by atoms with Crippen molar-refractivity contribution in [3.8, 4) is 154 Å². The van der Waals surface area contributed by atoms with Gasteiger partial charge in [0.15, 0.2) is 33.3 Å². The van der Waals surface area contributed by atoms with Crippen molar-refractivity contribution in [1.82, 2.24) is 0 Å². The molecule has 0 heterocycles. The summed E-state index contributed by atoms with van der Waals surface area (Å²) >= 11 is 0. The Bertz CT molecular complexity index is 2120. The van der Waals surface area contributed by atoms with Crippen LogP contribution in [-0.2, 0) is 15.1 Å². The van der Waals surface area contributed by atoms with E-state index in [2.05, 4.69) is 219 Å². The molecule has 276 valence electrons. The van der Waals surface area contributed by atoms with Crippen LogP contribution in [0.4, 0.5) is 0 Å². The summed E-state index contributed by atoms with van der Waals surface area (Å²) in [4.78, 5) is 8.66. The molecule has 0 aliphatic rings. The Morgan fingerprint density at radius 2 is 0.741 bits per heavy atom. The van der Waals surface area contributed by atoms with Crippen LogP contribution in [0.2, 0.25) is 78.6 Å². The lowest BCUT2D eigenvalue weighted by atomic mass is 10.2. The van der Waals surface area contributed by atoms with Crippen molar-refractivity contribution in [3.63, 3.8) is 0 Å². The van der Waals surface area contributed by atoms with E-state index in [1.165, 1.54) is 5.56 Å². The summed E-state index contributed by atoms with van der Waals surface area (Å²) in [5.74, 6) is 61.9. The molecule has 3 nitrogen and oxygen atoms in total. The SMILES string of the molecule is C.C#CC#CC#CC#CC#CC#CC#CC#CC#CC#CC#CC#CC#CC.C[Si](C)(C)O.C[Si](C)(C)OCc1ccccc1.C[Si](C)(C)O[Si](C)(C)C.[HH]. The summed E-state index contributed by atoms with van der Waals surface area (Å²) < 4.78 is 11.7. The van der Waals surface area contributed by atoms with Gasteiger partial charge in [0.1, 0.15) is 0 Å². The second kappa shape index (κ2) is 34.3. The van der Waals surface area contributed by atoms with Crippen LogP contribution < -0.4 is 0 Å². The van der Waals surface area contributed by atoms with Gasteiger partial charge in [-0.15, -0.1) is 6.42 Å². The third-order valence-electron chi connectivity index (χ3n) is 3.70. The lowest BCUT2D eigenvalue weighted by molar-refractivity contribution is 0.299. The smallest absolute Gasteiger partial charge is 0.184 e. The third kappa shape index (κ3) is 64.7. The van der Waals surface area contributed by atoms with Gasteiger partial charge in [0.2, 0.25) is 0 Å². The number of benzene rings is 1. The first-order chi connectivity index (χ1) is 24.7. The monoisotopic (exact) mass is 778 g/mol. The van der Waals surface area contributed by atoms with Gasteiger partial charge >= 0.3 is 0 Å². The second-order valence-electron chi connectivity index (χ2n) is 13.7. The highest BCUT2D eigenvalue weighted by atomic mass is 28.4. The van der Waals surface area contributed by atoms with Gasteiger partial charge in [-0.25, -0.2) is 0 Å². The third-order valence-corrected chi connectivity index (χ3v) is 9.61. The lowest BCUT2D eigenvalue weighted by Gasteiger charge is -2.27. The van der Waals surface area contributed by atoms with Crippen LogP contribution in [0.15, 0.2) is 30.3 Å². The van der Waals surface area contributed by atoms with Crippen molar-refractivity contribution in [2.24, 2.45) is 0 Å². The van der Waals surface area contributed by atoms with Crippen molar-refractivity contribution in [1.29, 1.82) is 0 Å². The molecule has 1 aromatic carbocycles. The minimum Gasteiger partial charge on any atom is -0.456 e. The molecule has 0 amide bonds. The van der Waals surface area contributed by atoms with Crippen molar-refractivity contribution >= 4 is 33.3 Å². The molecule has 1 rings (SSSR count). The lowest BCUT2D eigenvalue weighted by Crippen LogP contribution is -2.39. The van der Waals surface area contributed by atoms with E-state index in [1.54, 1.807) is 6.92 Å². The maximum Gasteiger partial charge on any atom is 0.184 e. The van der Waals surface area contributed by atoms with E-state index in [0.717, 1.165) is 6.61 Å². The van der Waals surface area contributed by atoms with Crippen LogP contribution in [0, 0.1) is 154 Å². The fraction of sp³-hybridized carbons (Fsp3) is 0.319. The average Bonchev–Trinajstić information content (AvgIpc) is 3.02. The Kier molecular flexibility index (Phi) is 35.0. The van der Waals surface area contributed by atoms with Crippen molar-refractivity contribution < 1.29 is 14.8 Å². The molecule has 0 saturated heterocycles. The average molecular weight is 779 g/mol. The molecule has 54 heavy (non-hydrogen) atoms. The number of hydrogen-bond acceptors (Lipinski definition) is 3.